The fourth-order valence-electron chi connectivity index (χ4n) is 1.54. The Kier molecular flexibility index (Phi) is 9.62. The maximum Gasteiger partial charge on any atom is 0.414 e. The molecule has 0 atom stereocenters. The zero-order valence-electron chi connectivity index (χ0n) is 12.7. The van der Waals surface area contributed by atoms with E-state index in [0.29, 0.717) is 0 Å². The van der Waals surface area contributed by atoms with Crippen LogP contribution < -0.4 is 4.74 Å². The van der Waals surface area contributed by atoms with Crippen LogP contribution in [0, 0.1) is 6.92 Å². The Hall–Kier alpha value is -2.08. The highest BCUT2D eigenvalue weighted by Gasteiger charge is 2.04. The fourth-order valence-corrected chi connectivity index (χ4v) is 1.54. The summed E-state index contributed by atoms with van der Waals surface area (Å²) in [6.07, 6.45) is 0. The smallest absolute Gasteiger partial charge is 0.414 e. The average molecular weight is 297 g/mol. The molecule has 0 aliphatic rings. The van der Waals surface area contributed by atoms with Gasteiger partial charge in [-0.15, -0.1) is 0 Å². The van der Waals surface area contributed by atoms with Gasteiger partial charge in [-0.3, -0.25) is 0 Å². The highest BCUT2D eigenvalue weighted by atomic mass is 16.5. The van der Waals surface area contributed by atoms with E-state index in [1.807, 2.05) is 12.1 Å². The maximum absolute atomic E-state index is 9.10. The molecule has 6 heteroatoms. The van der Waals surface area contributed by atoms with Gasteiger partial charge in [-0.05, 0) is 37.7 Å². The summed E-state index contributed by atoms with van der Waals surface area (Å²) in [5, 5.41) is 14.8. The van der Waals surface area contributed by atoms with Gasteiger partial charge in [0.15, 0.2) is 0 Å². The summed E-state index contributed by atoms with van der Waals surface area (Å²) in [6, 6.07) is 8.19. The van der Waals surface area contributed by atoms with E-state index in [-0.39, 0.29) is 0 Å². The fraction of sp³-hybridized carbons (Fsp3) is 0.467. The van der Waals surface area contributed by atoms with Crippen LogP contribution in [-0.2, 0) is 9.59 Å². The lowest BCUT2D eigenvalue weighted by atomic mass is 10.2. The first-order valence-corrected chi connectivity index (χ1v) is 6.78. The number of ether oxygens (including phenoxy) is 1. The number of nitrogens with zero attached hydrogens (tertiary/aromatic N) is 1. The molecule has 0 radical (unpaired) electrons. The SMILES string of the molecule is CCN(CC)CCOc1cccc(C)c1.O=C(O)C(=O)O. The van der Waals surface area contributed by atoms with Gasteiger partial charge in [0.1, 0.15) is 12.4 Å². The van der Waals surface area contributed by atoms with E-state index in [2.05, 4.69) is 37.8 Å². The van der Waals surface area contributed by atoms with Gasteiger partial charge < -0.3 is 19.8 Å². The first-order valence-electron chi connectivity index (χ1n) is 6.78. The van der Waals surface area contributed by atoms with Crippen LogP contribution >= 0.6 is 0 Å². The number of carbonyl (C=O) groups is 2. The van der Waals surface area contributed by atoms with Gasteiger partial charge in [-0.25, -0.2) is 9.59 Å². The van der Waals surface area contributed by atoms with Gasteiger partial charge in [0, 0.05) is 6.54 Å². The van der Waals surface area contributed by atoms with Crippen molar-refractivity contribution in [2.45, 2.75) is 20.8 Å². The van der Waals surface area contributed by atoms with Crippen LogP contribution in [0.15, 0.2) is 24.3 Å². The van der Waals surface area contributed by atoms with Crippen molar-refractivity contribution in [2.75, 3.05) is 26.2 Å². The van der Waals surface area contributed by atoms with Crippen LogP contribution in [0.3, 0.4) is 0 Å². The number of carboxylic acids is 2. The molecule has 0 aliphatic carbocycles. The Morgan fingerprint density at radius 3 is 2.14 bits per heavy atom. The van der Waals surface area contributed by atoms with E-state index in [0.717, 1.165) is 32.0 Å². The van der Waals surface area contributed by atoms with Gasteiger partial charge in [0.05, 0.1) is 0 Å². The highest BCUT2D eigenvalue weighted by Crippen LogP contribution is 2.11. The minimum Gasteiger partial charge on any atom is -0.492 e. The van der Waals surface area contributed by atoms with Gasteiger partial charge in [-0.2, -0.15) is 0 Å². The molecule has 21 heavy (non-hydrogen) atoms. The summed E-state index contributed by atoms with van der Waals surface area (Å²) < 4.78 is 5.68. The Balaban J connectivity index is 0.000000567. The Morgan fingerprint density at radius 2 is 1.71 bits per heavy atom. The third-order valence-corrected chi connectivity index (χ3v) is 2.74. The number of hydrogen-bond donors (Lipinski definition) is 2. The van der Waals surface area contributed by atoms with Crippen molar-refractivity contribution in [3.05, 3.63) is 29.8 Å². The van der Waals surface area contributed by atoms with Gasteiger partial charge >= 0.3 is 11.9 Å². The van der Waals surface area contributed by atoms with Crippen molar-refractivity contribution >= 4 is 11.9 Å². The second kappa shape index (κ2) is 10.7. The quantitative estimate of drug-likeness (QED) is 0.779. The van der Waals surface area contributed by atoms with E-state index in [9.17, 15) is 0 Å². The molecule has 0 saturated heterocycles. The van der Waals surface area contributed by atoms with Crippen molar-refractivity contribution in [3.8, 4) is 5.75 Å². The summed E-state index contributed by atoms with van der Waals surface area (Å²) in [7, 11) is 0. The van der Waals surface area contributed by atoms with E-state index in [4.69, 9.17) is 24.5 Å². The van der Waals surface area contributed by atoms with Gasteiger partial charge in [-0.1, -0.05) is 26.0 Å². The van der Waals surface area contributed by atoms with Crippen molar-refractivity contribution in [2.24, 2.45) is 0 Å². The first kappa shape index (κ1) is 18.9. The molecule has 0 saturated carbocycles. The topological polar surface area (TPSA) is 87.1 Å². The lowest BCUT2D eigenvalue weighted by Crippen LogP contribution is -2.27. The van der Waals surface area contributed by atoms with Gasteiger partial charge in [0.25, 0.3) is 0 Å². The first-order chi connectivity index (χ1) is 9.90. The standard InChI is InChI=1S/C13H21NO.C2H2O4/c1-4-14(5-2)9-10-15-13-8-6-7-12(3)11-13;3-1(4)2(5)6/h6-8,11H,4-5,9-10H2,1-3H3;(H,3,4)(H,5,6). The van der Waals surface area contributed by atoms with Crippen LogP contribution in [0.4, 0.5) is 0 Å². The van der Waals surface area contributed by atoms with E-state index in [1.165, 1.54) is 5.56 Å². The summed E-state index contributed by atoms with van der Waals surface area (Å²) in [5.74, 6) is -2.67. The molecule has 0 aromatic heterocycles. The lowest BCUT2D eigenvalue weighted by Gasteiger charge is -2.18. The number of benzene rings is 1. The average Bonchev–Trinajstić information content (AvgIpc) is 2.44. The normalized spacial score (nSPS) is 9.71. The van der Waals surface area contributed by atoms with Crippen molar-refractivity contribution in [1.82, 2.24) is 4.90 Å². The van der Waals surface area contributed by atoms with Crippen LogP contribution in [0.2, 0.25) is 0 Å². The number of likely N-dealkylation sites (N-methyl/N-ethyl adjacent to an activating group) is 1. The lowest BCUT2D eigenvalue weighted by molar-refractivity contribution is -0.159. The molecule has 0 bridgehead atoms. The molecule has 118 valence electrons. The third-order valence-electron chi connectivity index (χ3n) is 2.74. The molecule has 0 aliphatic heterocycles. The number of rotatable bonds is 6. The molecule has 6 nitrogen and oxygen atoms in total. The monoisotopic (exact) mass is 297 g/mol. The molecule has 1 aromatic carbocycles. The summed E-state index contributed by atoms with van der Waals surface area (Å²) >= 11 is 0. The van der Waals surface area contributed by atoms with Gasteiger partial charge in [0.2, 0.25) is 0 Å². The second-order valence-electron chi connectivity index (χ2n) is 4.30. The Bertz CT molecular complexity index is 431. The Labute approximate surface area is 125 Å². The summed E-state index contributed by atoms with van der Waals surface area (Å²) in [6.45, 7) is 10.4. The molecule has 0 unspecified atom stereocenters. The molecule has 1 rings (SSSR count). The summed E-state index contributed by atoms with van der Waals surface area (Å²) in [5.41, 5.74) is 1.25. The molecule has 0 amide bonds. The summed E-state index contributed by atoms with van der Waals surface area (Å²) in [4.78, 5) is 20.6. The van der Waals surface area contributed by atoms with E-state index in [1.54, 1.807) is 0 Å². The van der Waals surface area contributed by atoms with Crippen molar-refractivity contribution in [1.29, 1.82) is 0 Å². The second-order valence-corrected chi connectivity index (χ2v) is 4.30. The van der Waals surface area contributed by atoms with Crippen LogP contribution in [0.5, 0.6) is 5.75 Å². The molecule has 2 N–H and O–H groups in total. The van der Waals surface area contributed by atoms with E-state index >= 15 is 0 Å². The molecular formula is C15H23NO5. The zero-order valence-corrected chi connectivity index (χ0v) is 12.7. The minimum absolute atomic E-state index is 0.769. The van der Waals surface area contributed by atoms with Crippen LogP contribution in [0.25, 0.3) is 0 Å². The largest absolute Gasteiger partial charge is 0.492 e. The molecule has 0 fully saturated rings. The minimum atomic E-state index is -1.82. The number of hydrogen-bond acceptors (Lipinski definition) is 4. The Morgan fingerprint density at radius 1 is 1.14 bits per heavy atom. The molecule has 0 heterocycles. The molecule has 0 spiro atoms. The third kappa shape index (κ3) is 9.45. The molecular weight excluding hydrogens is 274 g/mol. The predicted octanol–water partition coefficient (Wildman–Crippen LogP) is 1.87. The predicted molar refractivity (Wildman–Crippen MR) is 79.7 cm³/mol. The maximum atomic E-state index is 9.10. The number of carboxylic acid groups (broad SMARTS) is 2. The zero-order chi connectivity index (χ0) is 16.3. The number of aliphatic carboxylic acids is 2. The van der Waals surface area contributed by atoms with Crippen LogP contribution in [-0.4, -0.2) is 53.3 Å². The van der Waals surface area contributed by atoms with Crippen molar-refractivity contribution < 1.29 is 24.5 Å². The van der Waals surface area contributed by atoms with E-state index < -0.39 is 11.9 Å². The number of aryl methyl sites for hydroxylation is 1. The van der Waals surface area contributed by atoms with Crippen molar-refractivity contribution in [3.63, 3.8) is 0 Å². The molecule has 1 aromatic rings. The highest BCUT2D eigenvalue weighted by molar-refractivity contribution is 6.27. The van der Waals surface area contributed by atoms with Crippen LogP contribution in [0.1, 0.15) is 19.4 Å².